The van der Waals surface area contributed by atoms with Crippen LogP contribution >= 0.6 is 0 Å². The maximum atomic E-state index is 12.3. The molecule has 0 spiro atoms. The third-order valence-electron chi connectivity index (χ3n) is 3.47. The SMILES string of the molecule is N#Cc1ccc(CN2Cc3ccc(N)cc3C2=O)cc1. The molecule has 0 atom stereocenters. The highest BCUT2D eigenvalue weighted by molar-refractivity contribution is 5.99. The van der Waals surface area contributed by atoms with Gasteiger partial charge in [0.15, 0.2) is 0 Å². The van der Waals surface area contributed by atoms with E-state index in [0.29, 0.717) is 29.9 Å². The van der Waals surface area contributed by atoms with Gasteiger partial charge in [-0.1, -0.05) is 18.2 Å². The Hall–Kier alpha value is -2.80. The Balaban J connectivity index is 1.80. The normalized spacial score (nSPS) is 13.2. The Bertz CT molecular complexity index is 713. The molecule has 20 heavy (non-hydrogen) atoms. The molecule has 1 aliphatic rings. The molecule has 4 heteroatoms. The average molecular weight is 263 g/mol. The van der Waals surface area contributed by atoms with Crippen LogP contribution in [0.4, 0.5) is 5.69 Å². The minimum absolute atomic E-state index is 0.0108. The molecule has 2 N–H and O–H groups in total. The number of carbonyl (C=O) groups excluding carboxylic acids is 1. The van der Waals surface area contributed by atoms with Crippen molar-refractivity contribution in [1.29, 1.82) is 5.26 Å². The van der Waals surface area contributed by atoms with Crippen molar-refractivity contribution in [2.75, 3.05) is 5.73 Å². The van der Waals surface area contributed by atoms with E-state index in [1.54, 1.807) is 23.1 Å². The van der Waals surface area contributed by atoms with Crippen molar-refractivity contribution in [3.63, 3.8) is 0 Å². The first-order valence-electron chi connectivity index (χ1n) is 6.34. The van der Waals surface area contributed by atoms with Crippen LogP contribution in [0.15, 0.2) is 42.5 Å². The Morgan fingerprint density at radius 1 is 1.20 bits per heavy atom. The van der Waals surface area contributed by atoms with Crippen LogP contribution in [0.3, 0.4) is 0 Å². The Morgan fingerprint density at radius 2 is 1.95 bits per heavy atom. The average Bonchev–Trinajstić information content (AvgIpc) is 2.76. The predicted octanol–water partition coefficient (Wildman–Crippen LogP) is 2.30. The van der Waals surface area contributed by atoms with Gasteiger partial charge >= 0.3 is 0 Å². The highest BCUT2D eigenvalue weighted by Crippen LogP contribution is 2.26. The second kappa shape index (κ2) is 4.71. The summed E-state index contributed by atoms with van der Waals surface area (Å²) >= 11 is 0. The number of rotatable bonds is 2. The molecule has 1 amide bonds. The lowest BCUT2D eigenvalue weighted by molar-refractivity contribution is 0.0766. The van der Waals surface area contributed by atoms with E-state index in [0.717, 1.165) is 11.1 Å². The van der Waals surface area contributed by atoms with Crippen LogP contribution in [0.1, 0.15) is 27.0 Å². The van der Waals surface area contributed by atoms with Gasteiger partial charge in [-0.15, -0.1) is 0 Å². The van der Waals surface area contributed by atoms with Gasteiger partial charge in [-0.3, -0.25) is 4.79 Å². The molecule has 3 rings (SSSR count). The summed E-state index contributed by atoms with van der Waals surface area (Å²) in [6.45, 7) is 1.15. The third-order valence-corrected chi connectivity index (χ3v) is 3.47. The maximum absolute atomic E-state index is 12.3. The van der Waals surface area contributed by atoms with Crippen molar-refractivity contribution in [1.82, 2.24) is 4.90 Å². The van der Waals surface area contributed by atoms with Crippen LogP contribution in [-0.2, 0) is 13.1 Å². The first kappa shape index (κ1) is 12.2. The monoisotopic (exact) mass is 263 g/mol. The zero-order chi connectivity index (χ0) is 14.1. The lowest BCUT2D eigenvalue weighted by Crippen LogP contribution is -2.23. The molecule has 0 aromatic heterocycles. The van der Waals surface area contributed by atoms with Crippen molar-refractivity contribution in [2.24, 2.45) is 0 Å². The molecule has 2 aromatic rings. The summed E-state index contributed by atoms with van der Waals surface area (Å²) in [6, 6.07) is 14.8. The summed E-state index contributed by atoms with van der Waals surface area (Å²) in [7, 11) is 0. The molecule has 0 saturated heterocycles. The van der Waals surface area contributed by atoms with E-state index >= 15 is 0 Å². The van der Waals surface area contributed by atoms with Gasteiger partial charge in [-0.05, 0) is 35.4 Å². The van der Waals surface area contributed by atoms with Crippen molar-refractivity contribution < 1.29 is 4.79 Å². The summed E-state index contributed by atoms with van der Waals surface area (Å²) in [4.78, 5) is 14.1. The van der Waals surface area contributed by atoms with E-state index in [9.17, 15) is 4.79 Å². The van der Waals surface area contributed by atoms with E-state index < -0.39 is 0 Å². The molecule has 1 heterocycles. The molecular weight excluding hydrogens is 250 g/mol. The molecule has 1 aliphatic heterocycles. The molecule has 0 unspecified atom stereocenters. The van der Waals surface area contributed by atoms with Crippen molar-refractivity contribution >= 4 is 11.6 Å². The van der Waals surface area contributed by atoms with Crippen LogP contribution in [0.5, 0.6) is 0 Å². The summed E-state index contributed by atoms with van der Waals surface area (Å²) < 4.78 is 0. The fraction of sp³-hybridized carbons (Fsp3) is 0.125. The molecule has 4 nitrogen and oxygen atoms in total. The zero-order valence-electron chi connectivity index (χ0n) is 10.8. The number of hydrogen-bond acceptors (Lipinski definition) is 3. The predicted molar refractivity (Wildman–Crippen MR) is 75.6 cm³/mol. The zero-order valence-corrected chi connectivity index (χ0v) is 10.8. The number of anilines is 1. The van der Waals surface area contributed by atoms with Crippen molar-refractivity contribution in [3.05, 3.63) is 64.7 Å². The van der Waals surface area contributed by atoms with Crippen LogP contribution in [0.25, 0.3) is 0 Å². The number of fused-ring (bicyclic) bond motifs is 1. The number of carbonyl (C=O) groups is 1. The van der Waals surface area contributed by atoms with Crippen LogP contribution in [0.2, 0.25) is 0 Å². The Morgan fingerprint density at radius 3 is 2.65 bits per heavy atom. The molecular formula is C16H13N3O. The summed E-state index contributed by atoms with van der Waals surface area (Å²) in [6.07, 6.45) is 0. The lowest BCUT2D eigenvalue weighted by atomic mass is 10.1. The number of nitriles is 1. The van der Waals surface area contributed by atoms with Crippen molar-refractivity contribution in [2.45, 2.75) is 13.1 Å². The van der Waals surface area contributed by atoms with Gasteiger partial charge in [0.2, 0.25) is 0 Å². The topological polar surface area (TPSA) is 70.1 Å². The standard InChI is InChI=1S/C16H13N3O/c17-8-11-1-3-12(4-2-11)9-19-10-13-5-6-14(18)7-15(13)16(19)20/h1-7H,9-10,18H2. The Labute approximate surface area is 117 Å². The van der Waals surface area contributed by atoms with Crippen LogP contribution < -0.4 is 5.73 Å². The number of hydrogen-bond donors (Lipinski definition) is 1. The molecule has 0 fully saturated rings. The van der Waals surface area contributed by atoms with E-state index in [1.165, 1.54) is 0 Å². The van der Waals surface area contributed by atoms with Gasteiger partial charge in [0.05, 0.1) is 11.6 Å². The number of nitrogen functional groups attached to an aromatic ring is 1. The van der Waals surface area contributed by atoms with Crippen LogP contribution in [0, 0.1) is 11.3 Å². The van der Waals surface area contributed by atoms with Gasteiger partial charge in [-0.2, -0.15) is 5.26 Å². The molecule has 98 valence electrons. The van der Waals surface area contributed by atoms with E-state index in [1.807, 2.05) is 24.3 Å². The van der Waals surface area contributed by atoms with Gasteiger partial charge < -0.3 is 10.6 Å². The lowest BCUT2D eigenvalue weighted by Gasteiger charge is -2.15. The first-order valence-corrected chi connectivity index (χ1v) is 6.34. The first-order chi connectivity index (χ1) is 9.67. The van der Waals surface area contributed by atoms with Gasteiger partial charge in [0, 0.05) is 24.3 Å². The van der Waals surface area contributed by atoms with Crippen molar-refractivity contribution in [3.8, 4) is 6.07 Å². The fourth-order valence-corrected chi connectivity index (χ4v) is 2.41. The summed E-state index contributed by atoms with van der Waals surface area (Å²) in [5, 5.41) is 8.77. The number of nitrogens with zero attached hydrogens (tertiary/aromatic N) is 2. The molecule has 0 saturated carbocycles. The smallest absolute Gasteiger partial charge is 0.254 e. The second-order valence-electron chi connectivity index (χ2n) is 4.89. The number of nitrogens with two attached hydrogens (primary N) is 1. The minimum atomic E-state index is 0.0108. The third kappa shape index (κ3) is 2.10. The molecule has 0 aliphatic carbocycles. The molecule has 0 radical (unpaired) electrons. The highest BCUT2D eigenvalue weighted by Gasteiger charge is 2.27. The highest BCUT2D eigenvalue weighted by atomic mass is 16.2. The summed E-state index contributed by atoms with van der Waals surface area (Å²) in [5.41, 5.74) is 9.67. The van der Waals surface area contributed by atoms with Gasteiger partial charge in [-0.25, -0.2) is 0 Å². The number of benzene rings is 2. The van der Waals surface area contributed by atoms with Crippen LogP contribution in [-0.4, -0.2) is 10.8 Å². The fourth-order valence-electron chi connectivity index (χ4n) is 2.41. The maximum Gasteiger partial charge on any atom is 0.254 e. The molecule has 2 aromatic carbocycles. The quantitative estimate of drug-likeness (QED) is 0.845. The van der Waals surface area contributed by atoms with Gasteiger partial charge in [0.25, 0.3) is 5.91 Å². The second-order valence-corrected chi connectivity index (χ2v) is 4.89. The number of amides is 1. The van der Waals surface area contributed by atoms with E-state index in [-0.39, 0.29) is 5.91 Å². The van der Waals surface area contributed by atoms with E-state index in [2.05, 4.69) is 6.07 Å². The molecule has 0 bridgehead atoms. The largest absolute Gasteiger partial charge is 0.399 e. The van der Waals surface area contributed by atoms with E-state index in [4.69, 9.17) is 11.0 Å². The summed E-state index contributed by atoms with van der Waals surface area (Å²) in [5.74, 6) is 0.0108. The van der Waals surface area contributed by atoms with Gasteiger partial charge in [0.1, 0.15) is 0 Å². The Kier molecular flexibility index (Phi) is 2.88. The minimum Gasteiger partial charge on any atom is -0.399 e.